The summed E-state index contributed by atoms with van der Waals surface area (Å²) in [6, 6.07) is 18.3. The number of benzene rings is 2. The summed E-state index contributed by atoms with van der Waals surface area (Å²) in [6.07, 6.45) is 4.86. The maximum absolute atomic E-state index is 9.64. The zero-order valence-corrected chi connectivity index (χ0v) is 16.1. The lowest BCUT2D eigenvalue weighted by Crippen LogP contribution is -2.08. The Hall–Kier alpha value is -3.98. The molecule has 0 amide bonds. The highest BCUT2D eigenvalue weighted by atomic mass is 16.5. The molecule has 6 heteroatoms. The number of nitriles is 1. The number of hydrogen-bond acceptors (Lipinski definition) is 6. The minimum Gasteiger partial charge on any atom is -0.480 e. The van der Waals surface area contributed by atoms with Crippen LogP contribution < -0.4 is 10.1 Å². The van der Waals surface area contributed by atoms with Crippen LogP contribution in [0.15, 0.2) is 67.1 Å². The van der Waals surface area contributed by atoms with Crippen LogP contribution in [0.25, 0.3) is 22.2 Å². The van der Waals surface area contributed by atoms with E-state index in [-0.39, 0.29) is 6.04 Å². The quantitative estimate of drug-likeness (QED) is 0.537. The number of pyridine rings is 1. The van der Waals surface area contributed by atoms with Crippen LogP contribution in [0, 0.1) is 11.3 Å². The molecule has 142 valence electrons. The summed E-state index contributed by atoms with van der Waals surface area (Å²) in [7, 11) is 1.56. The van der Waals surface area contributed by atoms with Gasteiger partial charge in [0.1, 0.15) is 6.07 Å². The average Bonchev–Trinajstić information content (AvgIpc) is 2.79. The van der Waals surface area contributed by atoms with E-state index in [2.05, 4.69) is 45.4 Å². The number of ether oxygens (including phenoxy) is 1. The molecule has 0 radical (unpaired) electrons. The first-order chi connectivity index (χ1) is 14.2. The zero-order valence-electron chi connectivity index (χ0n) is 16.1. The van der Waals surface area contributed by atoms with Gasteiger partial charge in [-0.2, -0.15) is 5.26 Å². The molecule has 0 aliphatic rings. The Bertz CT molecular complexity index is 1180. The fourth-order valence-electron chi connectivity index (χ4n) is 3.20. The molecule has 0 saturated heterocycles. The van der Waals surface area contributed by atoms with Gasteiger partial charge in [-0.05, 0) is 24.6 Å². The fourth-order valence-corrected chi connectivity index (χ4v) is 3.20. The molecule has 2 aromatic heterocycles. The van der Waals surface area contributed by atoms with Crippen LogP contribution in [0.2, 0.25) is 0 Å². The van der Waals surface area contributed by atoms with E-state index in [9.17, 15) is 5.26 Å². The van der Waals surface area contributed by atoms with Gasteiger partial charge in [-0.15, -0.1) is 0 Å². The van der Waals surface area contributed by atoms with Crippen LogP contribution in [0.4, 0.5) is 5.69 Å². The third-order valence-corrected chi connectivity index (χ3v) is 4.78. The molecule has 29 heavy (non-hydrogen) atoms. The zero-order chi connectivity index (χ0) is 20.2. The molecule has 1 N–H and O–H groups in total. The van der Waals surface area contributed by atoms with Crippen molar-refractivity contribution in [3.63, 3.8) is 0 Å². The van der Waals surface area contributed by atoms with Crippen molar-refractivity contribution in [2.75, 3.05) is 12.4 Å². The first kappa shape index (κ1) is 18.4. The van der Waals surface area contributed by atoms with Crippen LogP contribution in [-0.4, -0.2) is 22.1 Å². The van der Waals surface area contributed by atoms with Gasteiger partial charge in [0.15, 0.2) is 0 Å². The van der Waals surface area contributed by atoms with Gasteiger partial charge < -0.3 is 10.1 Å². The second kappa shape index (κ2) is 7.95. The maximum atomic E-state index is 9.64. The molecule has 0 spiro atoms. The lowest BCUT2D eigenvalue weighted by atomic mass is 10.0. The number of aromatic nitrogens is 3. The average molecular weight is 381 g/mol. The Kier molecular flexibility index (Phi) is 5.04. The highest BCUT2D eigenvalue weighted by Crippen LogP contribution is 2.32. The monoisotopic (exact) mass is 381 g/mol. The number of fused-ring (bicyclic) bond motifs is 1. The van der Waals surface area contributed by atoms with Crippen molar-refractivity contribution in [2.45, 2.75) is 13.0 Å². The molecule has 1 atom stereocenters. The van der Waals surface area contributed by atoms with E-state index < -0.39 is 0 Å². The maximum Gasteiger partial charge on any atom is 0.232 e. The largest absolute Gasteiger partial charge is 0.480 e. The summed E-state index contributed by atoms with van der Waals surface area (Å²) in [5, 5.41) is 14.0. The second-order valence-electron chi connectivity index (χ2n) is 6.61. The van der Waals surface area contributed by atoms with Crippen LogP contribution in [-0.2, 0) is 0 Å². The van der Waals surface area contributed by atoms with E-state index in [0.29, 0.717) is 11.4 Å². The lowest BCUT2D eigenvalue weighted by Gasteiger charge is -2.18. The Morgan fingerprint density at radius 3 is 2.52 bits per heavy atom. The molecule has 6 nitrogen and oxygen atoms in total. The molecular formula is C23H19N5O. The summed E-state index contributed by atoms with van der Waals surface area (Å²) in [4.78, 5) is 13.1. The van der Waals surface area contributed by atoms with E-state index in [0.717, 1.165) is 33.4 Å². The Balaban J connectivity index is 1.80. The van der Waals surface area contributed by atoms with Crippen LogP contribution in [0.3, 0.4) is 0 Å². The minimum atomic E-state index is 0.0262. The Labute approximate surface area is 168 Å². The number of rotatable bonds is 5. The van der Waals surface area contributed by atoms with Gasteiger partial charge >= 0.3 is 0 Å². The molecule has 1 unspecified atom stereocenters. The molecule has 0 aliphatic carbocycles. The third kappa shape index (κ3) is 3.71. The number of anilines is 1. The van der Waals surface area contributed by atoms with Crippen molar-refractivity contribution in [1.29, 1.82) is 5.26 Å². The topological polar surface area (TPSA) is 83.7 Å². The van der Waals surface area contributed by atoms with Crippen molar-refractivity contribution in [3.8, 4) is 23.2 Å². The number of nitrogens with zero attached hydrogens (tertiary/aromatic N) is 4. The lowest BCUT2D eigenvalue weighted by molar-refractivity contribution is 0.396. The van der Waals surface area contributed by atoms with E-state index in [1.165, 1.54) is 0 Å². The molecule has 0 bridgehead atoms. The summed E-state index contributed by atoms with van der Waals surface area (Å²) < 4.78 is 5.08. The number of methoxy groups -OCH3 is 1. The second-order valence-corrected chi connectivity index (χ2v) is 6.61. The SMILES string of the molecule is COc1cnc(-c2ccc3ncc(C#N)c(NC(C)c4ccccc4)c3c2)cn1. The molecule has 2 aromatic carbocycles. The van der Waals surface area contributed by atoms with E-state index >= 15 is 0 Å². The first-order valence-corrected chi connectivity index (χ1v) is 9.20. The highest BCUT2D eigenvalue weighted by Gasteiger charge is 2.14. The Morgan fingerprint density at radius 2 is 1.83 bits per heavy atom. The third-order valence-electron chi connectivity index (χ3n) is 4.78. The predicted molar refractivity (Wildman–Crippen MR) is 113 cm³/mol. The van der Waals surface area contributed by atoms with Crippen molar-refractivity contribution >= 4 is 16.6 Å². The number of nitrogens with one attached hydrogen (secondary N) is 1. The van der Waals surface area contributed by atoms with Crippen LogP contribution >= 0.6 is 0 Å². The molecule has 4 aromatic rings. The molecule has 0 saturated carbocycles. The predicted octanol–water partition coefficient (Wildman–Crippen LogP) is 4.75. The van der Waals surface area contributed by atoms with Crippen molar-refractivity contribution in [2.24, 2.45) is 0 Å². The molecular weight excluding hydrogens is 362 g/mol. The normalized spacial score (nSPS) is 11.6. The van der Waals surface area contributed by atoms with E-state index in [1.807, 2.05) is 36.4 Å². The van der Waals surface area contributed by atoms with Gasteiger partial charge in [0.25, 0.3) is 0 Å². The first-order valence-electron chi connectivity index (χ1n) is 9.20. The summed E-state index contributed by atoms with van der Waals surface area (Å²) in [5.41, 5.74) is 4.81. The summed E-state index contributed by atoms with van der Waals surface area (Å²) in [5.74, 6) is 0.460. The van der Waals surface area contributed by atoms with Crippen molar-refractivity contribution in [3.05, 3.63) is 78.2 Å². The molecule has 0 fully saturated rings. The van der Waals surface area contributed by atoms with Crippen molar-refractivity contribution in [1.82, 2.24) is 15.0 Å². The van der Waals surface area contributed by atoms with Crippen molar-refractivity contribution < 1.29 is 4.74 Å². The smallest absolute Gasteiger partial charge is 0.232 e. The van der Waals surface area contributed by atoms with Gasteiger partial charge in [-0.3, -0.25) is 4.98 Å². The molecule has 2 heterocycles. The standard InChI is InChI=1S/C23H19N5O/c1-15(16-6-4-3-5-7-16)28-23-18(11-24)12-25-20-9-8-17(10-19(20)23)21-13-27-22(29-2)14-26-21/h3-10,12-15H,1-2H3,(H,25,28). The molecule has 0 aliphatic heterocycles. The summed E-state index contributed by atoms with van der Waals surface area (Å²) in [6.45, 7) is 2.07. The van der Waals surface area contributed by atoms with Crippen LogP contribution in [0.5, 0.6) is 5.88 Å². The minimum absolute atomic E-state index is 0.0262. The highest BCUT2D eigenvalue weighted by molar-refractivity contribution is 5.96. The van der Waals surface area contributed by atoms with Gasteiger partial charge in [-0.1, -0.05) is 36.4 Å². The van der Waals surface area contributed by atoms with E-state index in [4.69, 9.17) is 4.74 Å². The van der Waals surface area contributed by atoms with Gasteiger partial charge in [0.05, 0.1) is 42.0 Å². The Morgan fingerprint density at radius 1 is 1.00 bits per heavy atom. The van der Waals surface area contributed by atoms with Gasteiger partial charge in [0, 0.05) is 23.2 Å². The van der Waals surface area contributed by atoms with Crippen LogP contribution in [0.1, 0.15) is 24.1 Å². The summed E-state index contributed by atoms with van der Waals surface area (Å²) >= 11 is 0. The molecule has 4 rings (SSSR count). The number of hydrogen-bond donors (Lipinski definition) is 1. The van der Waals surface area contributed by atoms with E-state index in [1.54, 1.807) is 25.7 Å². The fraction of sp³-hybridized carbons (Fsp3) is 0.130. The van der Waals surface area contributed by atoms with Gasteiger partial charge in [-0.25, -0.2) is 9.97 Å². The van der Waals surface area contributed by atoms with Gasteiger partial charge in [0.2, 0.25) is 5.88 Å².